The molecule has 0 bridgehead atoms. The van der Waals surface area contributed by atoms with Crippen LogP contribution in [0.4, 0.5) is 0 Å². The lowest BCUT2D eigenvalue weighted by molar-refractivity contribution is 0.581. The first-order chi connectivity index (χ1) is 6.19. The van der Waals surface area contributed by atoms with Crippen LogP contribution < -0.4 is 5.32 Å². The van der Waals surface area contributed by atoms with Crippen molar-refractivity contribution in [2.75, 3.05) is 7.05 Å². The first-order valence-electron chi connectivity index (χ1n) is 4.95. The highest BCUT2D eigenvalue weighted by Gasteiger charge is 2.43. The van der Waals surface area contributed by atoms with Gasteiger partial charge in [-0.05, 0) is 50.4 Å². The van der Waals surface area contributed by atoms with Gasteiger partial charge in [-0.1, -0.05) is 18.2 Å². The molecular weight excluding hydrogens is 158 g/mol. The molecule has 0 heterocycles. The van der Waals surface area contributed by atoms with Crippen LogP contribution in [0, 0.1) is 13.8 Å². The summed E-state index contributed by atoms with van der Waals surface area (Å²) < 4.78 is 0. The zero-order valence-corrected chi connectivity index (χ0v) is 8.65. The quantitative estimate of drug-likeness (QED) is 0.728. The summed E-state index contributed by atoms with van der Waals surface area (Å²) in [5.41, 5.74) is 4.67. The maximum atomic E-state index is 3.44. The van der Waals surface area contributed by atoms with Gasteiger partial charge in [-0.25, -0.2) is 0 Å². The molecule has 70 valence electrons. The van der Waals surface area contributed by atoms with Gasteiger partial charge in [0.25, 0.3) is 0 Å². The molecule has 0 amide bonds. The predicted molar refractivity (Wildman–Crippen MR) is 55.9 cm³/mol. The molecule has 0 aliphatic heterocycles. The SMILES string of the molecule is CNC1(c2cccc(C)c2C)CC1. The zero-order valence-electron chi connectivity index (χ0n) is 8.65. The first-order valence-corrected chi connectivity index (χ1v) is 4.95. The summed E-state index contributed by atoms with van der Waals surface area (Å²) in [6, 6.07) is 6.60. The second kappa shape index (κ2) is 2.85. The summed E-state index contributed by atoms with van der Waals surface area (Å²) in [6.45, 7) is 4.41. The van der Waals surface area contributed by atoms with Gasteiger partial charge in [-0.3, -0.25) is 0 Å². The minimum Gasteiger partial charge on any atom is -0.310 e. The van der Waals surface area contributed by atoms with Crippen molar-refractivity contribution in [3.63, 3.8) is 0 Å². The Bertz CT molecular complexity index is 324. The molecule has 13 heavy (non-hydrogen) atoms. The minimum absolute atomic E-state index is 0.316. The second-order valence-electron chi connectivity index (χ2n) is 4.08. The highest BCUT2D eigenvalue weighted by Crippen LogP contribution is 2.46. The number of rotatable bonds is 2. The standard InChI is InChI=1S/C12H17N/c1-9-5-4-6-11(10(9)2)12(13-3)7-8-12/h4-6,13H,7-8H2,1-3H3. The molecule has 1 aliphatic carbocycles. The van der Waals surface area contributed by atoms with Crippen molar-refractivity contribution >= 4 is 0 Å². The first kappa shape index (κ1) is 8.76. The number of nitrogens with one attached hydrogen (secondary N) is 1. The Morgan fingerprint density at radius 1 is 1.23 bits per heavy atom. The molecule has 2 rings (SSSR count). The number of hydrogen-bond donors (Lipinski definition) is 1. The van der Waals surface area contributed by atoms with E-state index in [1.54, 1.807) is 0 Å². The van der Waals surface area contributed by atoms with Crippen LogP contribution in [0.5, 0.6) is 0 Å². The van der Waals surface area contributed by atoms with Crippen molar-refractivity contribution in [3.8, 4) is 0 Å². The number of benzene rings is 1. The van der Waals surface area contributed by atoms with E-state index in [0.717, 1.165) is 0 Å². The third-order valence-corrected chi connectivity index (χ3v) is 3.35. The van der Waals surface area contributed by atoms with E-state index in [1.165, 1.54) is 29.5 Å². The van der Waals surface area contributed by atoms with Gasteiger partial charge in [0.15, 0.2) is 0 Å². The normalized spacial score (nSPS) is 18.7. The van der Waals surface area contributed by atoms with Crippen LogP contribution in [-0.4, -0.2) is 7.05 Å². The molecule has 0 radical (unpaired) electrons. The molecule has 1 saturated carbocycles. The van der Waals surface area contributed by atoms with Crippen molar-refractivity contribution < 1.29 is 0 Å². The highest BCUT2D eigenvalue weighted by molar-refractivity contribution is 5.41. The Hall–Kier alpha value is -0.820. The highest BCUT2D eigenvalue weighted by atomic mass is 15.0. The Kier molecular flexibility index (Phi) is 1.92. The fourth-order valence-electron chi connectivity index (χ4n) is 2.05. The molecule has 1 nitrogen and oxygen atoms in total. The Morgan fingerprint density at radius 3 is 2.46 bits per heavy atom. The molecule has 1 aliphatic rings. The van der Waals surface area contributed by atoms with Crippen LogP contribution in [0.15, 0.2) is 18.2 Å². The monoisotopic (exact) mass is 175 g/mol. The lowest BCUT2D eigenvalue weighted by Crippen LogP contribution is -2.25. The maximum absolute atomic E-state index is 3.44. The van der Waals surface area contributed by atoms with Crippen LogP contribution in [0.3, 0.4) is 0 Å². The average molecular weight is 175 g/mol. The number of aryl methyl sites for hydroxylation is 1. The van der Waals surface area contributed by atoms with E-state index in [-0.39, 0.29) is 0 Å². The molecule has 1 aromatic carbocycles. The van der Waals surface area contributed by atoms with E-state index in [9.17, 15) is 0 Å². The summed E-state index contributed by atoms with van der Waals surface area (Å²) in [7, 11) is 2.06. The smallest absolute Gasteiger partial charge is 0.0436 e. The van der Waals surface area contributed by atoms with Gasteiger partial charge in [0.1, 0.15) is 0 Å². The molecule has 0 spiro atoms. The second-order valence-corrected chi connectivity index (χ2v) is 4.08. The molecule has 1 fully saturated rings. The Morgan fingerprint density at radius 2 is 1.92 bits per heavy atom. The van der Waals surface area contributed by atoms with Crippen molar-refractivity contribution in [1.29, 1.82) is 0 Å². The summed E-state index contributed by atoms with van der Waals surface area (Å²) in [4.78, 5) is 0. The fraction of sp³-hybridized carbons (Fsp3) is 0.500. The van der Waals surface area contributed by atoms with Crippen LogP contribution in [0.25, 0.3) is 0 Å². The molecule has 1 aromatic rings. The van der Waals surface area contributed by atoms with Gasteiger partial charge in [-0.15, -0.1) is 0 Å². The van der Waals surface area contributed by atoms with Crippen molar-refractivity contribution in [2.45, 2.75) is 32.2 Å². The van der Waals surface area contributed by atoms with Crippen LogP contribution in [0.1, 0.15) is 29.5 Å². The Balaban J connectivity index is 2.46. The van der Waals surface area contributed by atoms with Gasteiger partial charge in [0.2, 0.25) is 0 Å². The lowest BCUT2D eigenvalue weighted by atomic mass is 9.96. The van der Waals surface area contributed by atoms with Gasteiger partial charge >= 0.3 is 0 Å². The molecular formula is C12H17N. The van der Waals surface area contributed by atoms with Crippen molar-refractivity contribution in [3.05, 3.63) is 34.9 Å². The fourth-order valence-corrected chi connectivity index (χ4v) is 2.05. The van der Waals surface area contributed by atoms with E-state index < -0.39 is 0 Å². The van der Waals surface area contributed by atoms with Crippen molar-refractivity contribution in [2.24, 2.45) is 0 Å². The number of hydrogen-bond acceptors (Lipinski definition) is 1. The van der Waals surface area contributed by atoms with E-state index >= 15 is 0 Å². The van der Waals surface area contributed by atoms with Gasteiger partial charge < -0.3 is 5.32 Å². The Labute approximate surface area is 80.2 Å². The molecule has 1 heteroatoms. The van der Waals surface area contributed by atoms with Gasteiger partial charge in [0.05, 0.1) is 0 Å². The summed E-state index contributed by atoms with van der Waals surface area (Å²) >= 11 is 0. The molecule has 1 N–H and O–H groups in total. The summed E-state index contributed by atoms with van der Waals surface area (Å²) in [6.07, 6.45) is 2.57. The average Bonchev–Trinajstić information content (AvgIpc) is 2.90. The maximum Gasteiger partial charge on any atom is 0.0436 e. The van der Waals surface area contributed by atoms with Gasteiger partial charge in [-0.2, -0.15) is 0 Å². The predicted octanol–water partition coefficient (Wildman–Crippen LogP) is 2.51. The molecule has 0 atom stereocenters. The van der Waals surface area contributed by atoms with Crippen LogP contribution in [-0.2, 0) is 5.54 Å². The molecule has 0 unspecified atom stereocenters. The lowest BCUT2D eigenvalue weighted by Gasteiger charge is -2.18. The van der Waals surface area contributed by atoms with E-state index in [0.29, 0.717) is 5.54 Å². The molecule has 0 aromatic heterocycles. The zero-order chi connectivity index (χ0) is 9.47. The van der Waals surface area contributed by atoms with E-state index in [2.05, 4.69) is 44.4 Å². The molecule has 0 saturated heterocycles. The third kappa shape index (κ3) is 1.28. The largest absolute Gasteiger partial charge is 0.310 e. The minimum atomic E-state index is 0.316. The topological polar surface area (TPSA) is 12.0 Å². The van der Waals surface area contributed by atoms with Crippen LogP contribution in [0.2, 0.25) is 0 Å². The summed E-state index contributed by atoms with van der Waals surface area (Å²) in [5, 5.41) is 3.44. The van der Waals surface area contributed by atoms with Crippen molar-refractivity contribution in [1.82, 2.24) is 5.32 Å². The summed E-state index contributed by atoms with van der Waals surface area (Å²) in [5.74, 6) is 0. The van der Waals surface area contributed by atoms with E-state index in [4.69, 9.17) is 0 Å². The van der Waals surface area contributed by atoms with Crippen LogP contribution >= 0.6 is 0 Å². The third-order valence-electron chi connectivity index (χ3n) is 3.35. The van der Waals surface area contributed by atoms with E-state index in [1.807, 2.05) is 0 Å². The van der Waals surface area contributed by atoms with Gasteiger partial charge in [0, 0.05) is 5.54 Å².